The van der Waals surface area contributed by atoms with Crippen LogP contribution in [0.4, 0.5) is 0 Å². The first kappa shape index (κ1) is 15.7. The van der Waals surface area contributed by atoms with Crippen LogP contribution in [0.1, 0.15) is 10.4 Å². The fraction of sp³-hybridized carbons (Fsp3) is 0.235. The molecule has 0 aliphatic carbocycles. The van der Waals surface area contributed by atoms with Crippen molar-refractivity contribution >= 4 is 21.8 Å². The Kier molecular flexibility index (Phi) is 4.71. The van der Waals surface area contributed by atoms with Crippen molar-refractivity contribution in [1.29, 1.82) is 0 Å². The molecule has 3 rings (SSSR count). The molecule has 1 N–H and O–H groups in total. The summed E-state index contributed by atoms with van der Waals surface area (Å²) in [5.74, 6) is 1.73. The molecule has 0 radical (unpaired) electrons. The van der Waals surface area contributed by atoms with Crippen LogP contribution in [-0.4, -0.2) is 32.3 Å². The quantitative estimate of drug-likeness (QED) is 0.889. The molecule has 0 unspecified atom stereocenters. The normalized spacial score (nSPS) is 15.8. The Labute approximate surface area is 142 Å². The first-order valence-corrected chi connectivity index (χ1v) is 7.97. The van der Waals surface area contributed by atoms with Crippen LogP contribution >= 0.6 is 15.9 Å². The Hall–Kier alpha value is -2.21. The van der Waals surface area contributed by atoms with Crippen LogP contribution in [0.3, 0.4) is 0 Å². The molecule has 0 bridgehead atoms. The number of methoxy groups -OCH3 is 1. The summed E-state index contributed by atoms with van der Waals surface area (Å²) in [6.45, 7) is 0.746. The van der Waals surface area contributed by atoms with Crippen molar-refractivity contribution in [3.63, 3.8) is 0 Å². The maximum atomic E-state index is 12.4. The largest absolute Gasteiger partial charge is 0.496 e. The average molecular weight is 378 g/mol. The van der Waals surface area contributed by atoms with Gasteiger partial charge in [-0.1, -0.05) is 28.1 Å². The van der Waals surface area contributed by atoms with Crippen molar-refractivity contribution < 1.29 is 19.0 Å². The zero-order valence-corrected chi connectivity index (χ0v) is 14.1. The van der Waals surface area contributed by atoms with Crippen molar-refractivity contribution in [2.75, 3.05) is 20.3 Å². The van der Waals surface area contributed by atoms with Crippen LogP contribution in [0.2, 0.25) is 0 Å². The maximum absolute atomic E-state index is 12.4. The number of para-hydroxylation sites is 2. The molecule has 0 saturated heterocycles. The number of carbonyl (C=O) groups excluding carboxylic acids is 1. The highest BCUT2D eigenvalue weighted by Crippen LogP contribution is 2.30. The van der Waals surface area contributed by atoms with Crippen LogP contribution in [0.5, 0.6) is 17.2 Å². The summed E-state index contributed by atoms with van der Waals surface area (Å²) >= 11 is 3.36. The number of halogens is 1. The molecule has 1 heterocycles. The number of hydrogen-bond donors (Lipinski definition) is 1. The molecule has 5 nitrogen and oxygen atoms in total. The summed E-state index contributed by atoms with van der Waals surface area (Å²) in [5.41, 5.74) is 0.471. The van der Waals surface area contributed by atoms with Gasteiger partial charge >= 0.3 is 0 Å². The second-order valence-electron chi connectivity index (χ2n) is 5.05. The highest BCUT2D eigenvalue weighted by Gasteiger charge is 2.22. The third-order valence-electron chi connectivity index (χ3n) is 3.46. The lowest BCUT2D eigenvalue weighted by Gasteiger charge is -2.26. The first-order chi connectivity index (χ1) is 11.2. The Morgan fingerprint density at radius 1 is 1.30 bits per heavy atom. The molecular weight excluding hydrogens is 362 g/mol. The zero-order valence-electron chi connectivity index (χ0n) is 12.5. The van der Waals surface area contributed by atoms with Crippen LogP contribution in [0.15, 0.2) is 46.9 Å². The number of fused-ring (bicyclic) bond motifs is 1. The number of benzene rings is 2. The molecule has 1 aliphatic heterocycles. The van der Waals surface area contributed by atoms with E-state index in [1.807, 2.05) is 30.3 Å². The maximum Gasteiger partial charge on any atom is 0.255 e. The highest BCUT2D eigenvalue weighted by molar-refractivity contribution is 9.10. The van der Waals surface area contributed by atoms with E-state index >= 15 is 0 Å². The van der Waals surface area contributed by atoms with Gasteiger partial charge in [0.25, 0.3) is 5.91 Å². The molecule has 120 valence electrons. The Balaban J connectivity index is 1.63. The number of rotatable bonds is 4. The van der Waals surface area contributed by atoms with E-state index in [1.54, 1.807) is 12.1 Å². The van der Waals surface area contributed by atoms with Crippen LogP contribution in [0.25, 0.3) is 0 Å². The number of hydrogen-bond acceptors (Lipinski definition) is 4. The molecule has 2 aromatic rings. The number of ether oxygens (including phenoxy) is 3. The van der Waals surface area contributed by atoms with Gasteiger partial charge in [0.05, 0.1) is 19.2 Å². The van der Waals surface area contributed by atoms with E-state index in [0.717, 1.165) is 10.2 Å². The van der Waals surface area contributed by atoms with E-state index in [0.29, 0.717) is 30.2 Å². The molecule has 0 aromatic heterocycles. The van der Waals surface area contributed by atoms with Crippen molar-refractivity contribution in [1.82, 2.24) is 5.32 Å². The monoisotopic (exact) mass is 377 g/mol. The third kappa shape index (κ3) is 3.59. The lowest BCUT2D eigenvalue weighted by Crippen LogP contribution is -2.40. The summed E-state index contributed by atoms with van der Waals surface area (Å²) in [6.07, 6.45) is -0.230. The minimum Gasteiger partial charge on any atom is -0.496 e. The van der Waals surface area contributed by atoms with Gasteiger partial charge in [-0.15, -0.1) is 0 Å². The predicted molar refractivity (Wildman–Crippen MR) is 89.4 cm³/mol. The fourth-order valence-electron chi connectivity index (χ4n) is 2.32. The lowest BCUT2D eigenvalue weighted by atomic mass is 10.2. The van der Waals surface area contributed by atoms with Gasteiger partial charge in [-0.2, -0.15) is 0 Å². The summed E-state index contributed by atoms with van der Waals surface area (Å²) in [6, 6.07) is 12.8. The number of nitrogens with one attached hydrogen (secondary N) is 1. The van der Waals surface area contributed by atoms with Crippen molar-refractivity contribution in [2.24, 2.45) is 0 Å². The Bertz CT molecular complexity index is 719. The van der Waals surface area contributed by atoms with Gasteiger partial charge in [-0.25, -0.2) is 0 Å². The Morgan fingerprint density at radius 2 is 2.09 bits per heavy atom. The van der Waals surface area contributed by atoms with Gasteiger partial charge in [0.2, 0.25) is 0 Å². The van der Waals surface area contributed by atoms with Crippen molar-refractivity contribution in [2.45, 2.75) is 6.10 Å². The molecule has 23 heavy (non-hydrogen) atoms. The molecule has 6 heteroatoms. The van der Waals surface area contributed by atoms with Gasteiger partial charge in [0.1, 0.15) is 18.5 Å². The average Bonchev–Trinajstić information content (AvgIpc) is 2.59. The second kappa shape index (κ2) is 6.91. The third-order valence-corrected chi connectivity index (χ3v) is 3.96. The van der Waals surface area contributed by atoms with E-state index in [-0.39, 0.29) is 12.0 Å². The summed E-state index contributed by atoms with van der Waals surface area (Å²) in [7, 11) is 1.54. The molecule has 1 amide bonds. The topological polar surface area (TPSA) is 56.8 Å². The summed E-state index contributed by atoms with van der Waals surface area (Å²) < 4.78 is 17.5. The van der Waals surface area contributed by atoms with Crippen molar-refractivity contribution in [3.05, 3.63) is 52.5 Å². The van der Waals surface area contributed by atoms with Gasteiger partial charge < -0.3 is 19.5 Å². The SMILES string of the molecule is COc1ccc(Br)cc1C(=O)NC[C@H]1COc2ccccc2O1. The number of amides is 1. The molecule has 0 spiro atoms. The molecule has 1 aliphatic rings. The molecule has 1 atom stereocenters. The van der Waals surface area contributed by atoms with Gasteiger partial charge in [-0.3, -0.25) is 4.79 Å². The van der Waals surface area contributed by atoms with E-state index in [4.69, 9.17) is 14.2 Å². The van der Waals surface area contributed by atoms with Crippen LogP contribution < -0.4 is 19.5 Å². The van der Waals surface area contributed by atoms with E-state index in [2.05, 4.69) is 21.2 Å². The molecule has 0 fully saturated rings. The Morgan fingerprint density at radius 3 is 2.87 bits per heavy atom. The minimum absolute atomic E-state index is 0.217. The van der Waals surface area contributed by atoms with Gasteiger partial charge in [0, 0.05) is 4.47 Å². The lowest BCUT2D eigenvalue weighted by molar-refractivity contribution is 0.0787. The van der Waals surface area contributed by atoms with E-state index < -0.39 is 0 Å². The second-order valence-corrected chi connectivity index (χ2v) is 5.97. The predicted octanol–water partition coefficient (Wildman–Crippen LogP) is 3.03. The molecule has 2 aromatic carbocycles. The zero-order chi connectivity index (χ0) is 16.2. The minimum atomic E-state index is -0.230. The smallest absolute Gasteiger partial charge is 0.255 e. The molecular formula is C17H16BrNO4. The molecule has 0 saturated carbocycles. The number of carbonyl (C=O) groups is 1. The van der Waals surface area contributed by atoms with Crippen LogP contribution in [-0.2, 0) is 0 Å². The van der Waals surface area contributed by atoms with Crippen LogP contribution in [0, 0.1) is 0 Å². The standard InChI is InChI=1S/C17H16BrNO4/c1-21-14-7-6-11(18)8-13(14)17(20)19-9-12-10-22-15-4-2-3-5-16(15)23-12/h2-8,12H,9-10H2,1H3,(H,19,20)/t12-/m0/s1. The van der Waals surface area contributed by atoms with E-state index in [1.165, 1.54) is 7.11 Å². The van der Waals surface area contributed by atoms with Crippen molar-refractivity contribution in [3.8, 4) is 17.2 Å². The summed E-state index contributed by atoms with van der Waals surface area (Å²) in [5, 5.41) is 2.86. The fourth-order valence-corrected chi connectivity index (χ4v) is 2.68. The first-order valence-electron chi connectivity index (χ1n) is 7.17. The highest BCUT2D eigenvalue weighted by atomic mass is 79.9. The van der Waals surface area contributed by atoms with E-state index in [9.17, 15) is 4.79 Å². The van der Waals surface area contributed by atoms with Gasteiger partial charge in [-0.05, 0) is 30.3 Å². The van der Waals surface area contributed by atoms with Gasteiger partial charge in [0.15, 0.2) is 11.5 Å². The summed E-state index contributed by atoms with van der Waals surface area (Å²) in [4.78, 5) is 12.4.